The van der Waals surface area contributed by atoms with Crippen LogP contribution in [0.5, 0.6) is 0 Å². The van der Waals surface area contributed by atoms with E-state index in [0.29, 0.717) is 12.4 Å². The van der Waals surface area contributed by atoms with Gasteiger partial charge in [-0.15, -0.1) is 0 Å². The van der Waals surface area contributed by atoms with Gasteiger partial charge in [0.15, 0.2) is 0 Å². The van der Waals surface area contributed by atoms with Crippen molar-refractivity contribution in [1.82, 2.24) is 24.6 Å². The fraction of sp³-hybridized carbons (Fsp3) is 0.571. The largest absolute Gasteiger partial charge is 0.432 e. The van der Waals surface area contributed by atoms with E-state index in [0.717, 1.165) is 37.8 Å². The van der Waals surface area contributed by atoms with E-state index in [1.807, 2.05) is 17.8 Å². The number of hydrogen-bond donors (Lipinski definition) is 1. The lowest BCUT2D eigenvalue weighted by Crippen LogP contribution is -2.34. The molecule has 0 spiro atoms. The molecule has 1 aliphatic heterocycles. The molecule has 1 saturated heterocycles. The number of halogens is 3. The molecular formula is C14H18F3N5. The Hall–Kier alpha value is -1.83. The monoisotopic (exact) mass is 313 g/mol. The summed E-state index contributed by atoms with van der Waals surface area (Å²) in [6, 6.07) is 1.96. The molecule has 120 valence electrons. The van der Waals surface area contributed by atoms with Crippen LogP contribution in [0.3, 0.4) is 0 Å². The molecule has 0 saturated carbocycles. The molecule has 1 N–H and O–H groups in total. The molecule has 0 bridgehead atoms. The Morgan fingerprint density at radius 3 is 2.86 bits per heavy atom. The van der Waals surface area contributed by atoms with Crippen molar-refractivity contribution in [2.45, 2.75) is 31.5 Å². The Labute approximate surface area is 126 Å². The Kier molecular flexibility index (Phi) is 3.94. The lowest BCUT2D eigenvalue weighted by Gasteiger charge is -2.31. The highest BCUT2D eigenvalue weighted by molar-refractivity contribution is 5.10. The zero-order valence-corrected chi connectivity index (χ0v) is 12.3. The molecule has 1 aliphatic rings. The van der Waals surface area contributed by atoms with E-state index in [1.165, 1.54) is 0 Å². The molecule has 5 nitrogen and oxygen atoms in total. The SMILES string of the molecule is Cn1nccc1CN1CCC[C@H](c2ncc(C(F)(F)F)[nH]2)C1. The van der Waals surface area contributed by atoms with Gasteiger partial charge in [-0.05, 0) is 25.5 Å². The quantitative estimate of drug-likeness (QED) is 0.947. The second-order valence-corrected chi connectivity index (χ2v) is 5.70. The van der Waals surface area contributed by atoms with Crippen molar-refractivity contribution in [2.24, 2.45) is 7.05 Å². The first-order chi connectivity index (χ1) is 10.4. The molecule has 0 amide bonds. The van der Waals surface area contributed by atoms with Crippen LogP contribution >= 0.6 is 0 Å². The smallest absolute Gasteiger partial charge is 0.338 e. The predicted molar refractivity (Wildman–Crippen MR) is 74.0 cm³/mol. The summed E-state index contributed by atoms with van der Waals surface area (Å²) < 4.78 is 39.8. The molecule has 2 aromatic rings. The number of hydrogen-bond acceptors (Lipinski definition) is 3. The van der Waals surface area contributed by atoms with Crippen LogP contribution in [0.15, 0.2) is 18.5 Å². The number of aromatic amines is 1. The number of alkyl halides is 3. The van der Waals surface area contributed by atoms with Crippen molar-refractivity contribution in [3.05, 3.63) is 35.7 Å². The maximum Gasteiger partial charge on any atom is 0.432 e. The summed E-state index contributed by atoms with van der Waals surface area (Å²) in [7, 11) is 1.89. The fourth-order valence-electron chi connectivity index (χ4n) is 2.90. The third kappa shape index (κ3) is 3.16. The van der Waals surface area contributed by atoms with Gasteiger partial charge in [-0.3, -0.25) is 9.58 Å². The molecule has 3 heterocycles. The summed E-state index contributed by atoms with van der Waals surface area (Å²) in [6.45, 7) is 2.39. The van der Waals surface area contributed by atoms with E-state index < -0.39 is 11.9 Å². The van der Waals surface area contributed by atoms with Crippen molar-refractivity contribution < 1.29 is 13.2 Å². The highest BCUT2D eigenvalue weighted by atomic mass is 19.4. The lowest BCUT2D eigenvalue weighted by atomic mass is 9.97. The van der Waals surface area contributed by atoms with Crippen molar-refractivity contribution >= 4 is 0 Å². The van der Waals surface area contributed by atoms with Gasteiger partial charge in [-0.2, -0.15) is 18.3 Å². The average molecular weight is 313 g/mol. The zero-order chi connectivity index (χ0) is 15.7. The van der Waals surface area contributed by atoms with Crippen LogP contribution in [-0.2, 0) is 19.8 Å². The summed E-state index contributed by atoms with van der Waals surface area (Å²) in [5, 5.41) is 4.14. The number of aryl methyl sites for hydroxylation is 1. The first-order valence-electron chi connectivity index (χ1n) is 7.25. The number of nitrogens with one attached hydrogen (secondary N) is 1. The molecule has 0 aliphatic carbocycles. The van der Waals surface area contributed by atoms with Gasteiger partial charge in [-0.1, -0.05) is 0 Å². The molecule has 3 rings (SSSR count). The van der Waals surface area contributed by atoms with Crippen LogP contribution in [0.4, 0.5) is 13.2 Å². The van der Waals surface area contributed by atoms with Gasteiger partial charge in [0, 0.05) is 32.3 Å². The Morgan fingerprint density at radius 1 is 1.41 bits per heavy atom. The van der Waals surface area contributed by atoms with Crippen LogP contribution < -0.4 is 0 Å². The minimum Gasteiger partial charge on any atom is -0.338 e. The van der Waals surface area contributed by atoms with Gasteiger partial charge in [0.25, 0.3) is 0 Å². The zero-order valence-electron chi connectivity index (χ0n) is 12.3. The third-order valence-corrected chi connectivity index (χ3v) is 4.10. The Balaban J connectivity index is 1.68. The van der Waals surface area contributed by atoms with Crippen molar-refractivity contribution in [1.29, 1.82) is 0 Å². The van der Waals surface area contributed by atoms with Crippen LogP contribution in [0, 0.1) is 0 Å². The summed E-state index contributed by atoms with van der Waals surface area (Å²) >= 11 is 0. The molecule has 0 aromatic carbocycles. The third-order valence-electron chi connectivity index (χ3n) is 4.10. The average Bonchev–Trinajstić information content (AvgIpc) is 3.09. The van der Waals surface area contributed by atoms with Gasteiger partial charge >= 0.3 is 6.18 Å². The summed E-state index contributed by atoms with van der Waals surface area (Å²) in [4.78, 5) is 8.61. The first kappa shape index (κ1) is 15.1. The van der Waals surface area contributed by atoms with E-state index in [2.05, 4.69) is 20.0 Å². The van der Waals surface area contributed by atoms with E-state index >= 15 is 0 Å². The van der Waals surface area contributed by atoms with Crippen LogP contribution in [-0.4, -0.2) is 37.7 Å². The molecule has 0 radical (unpaired) electrons. The Bertz CT molecular complexity index is 630. The number of aromatic nitrogens is 4. The maximum atomic E-state index is 12.7. The molecule has 8 heteroatoms. The lowest BCUT2D eigenvalue weighted by molar-refractivity contribution is -0.141. The number of likely N-dealkylation sites (tertiary alicyclic amines) is 1. The number of imidazole rings is 1. The maximum absolute atomic E-state index is 12.7. The standard InChI is InChI=1S/C14H18F3N5/c1-21-11(4-5-19-21)9-22-6-2-3-10(8-22)13-18-7-12(20-13)14(15,16)17/h4-5,7,10H,2-3,6,8-9H2,1H3,(H,18,20)/t10-/m0/s1. The topological polar surface area (TPSA) is 49.7 Å². The Morgan fingerprint density at radius 2 is 2.23 bits per heavy atom. The van der Waals surface area contributed by atoms with Crippen LogP contribution in [0.25, 0.3) is 0 Å². The first-order valence-corrected chi connectivity index (χ1v) is 7.25. The fourth-order valence-corrected chi connectivity index (χ4v) is 2.90. The number of H-pyrrole nitrogens is 1. The predicted octanol–water partition coefficient (Wildman–Crippen LogP) is 2.54. The molecule has 1 atom stereocenters. The van der Waals surface area contributed by atoms with Crippen molar-refractivity contribution in [3.63, 3.8) is 0 Å². The molecule has 2 aromatic heterocycles. The highest BCUT2D eigenvalue weighted by Crippen LogP contribution is 2.31. The van der Waals surface area contributed by atoms with E-state index in [4.69, 9.17) is 0 Å². The van der Waals surface area contributed by atoms with Gasteiger partial charge in [0.05, 0.1) is 11.9 Å². The summed E-state index contributed by atoms with van der Waals surface area (Å²) in [5.41, 5.74) is 0.322. The summed E-state index contributed by atoms with van der Waals surface area (Å²) in [5.74, 6) is 0.445. The molecule has 22 heavy (non-hydrogen) atoms. The number of rotatable bonds is 3. The van der Waals surface area contributed by atoms with Gasteiger partial charge < -0.3 is 4.98 Å². The van der Waals surface area contributed by atoms with E-state index in [1.54, 1.807) is 6.20 Å². The molecule has 1 fully saturated rings. The van der Waals surface area contributed by atoms with Gasteiger partial charge in [-0.25, -0.2) is 4.98 Å². The second kappa shape index (κ2) is 5.75. The summed E-state index contributed by atoms with van der Waals surface area (Å²) in [6.07, 6.45) is 0.0693. The van der Waals surface area contributed by atoms with E-state index in [9.17, 15) is 13.2 Å². The highest BCUT2D eigenvalue weighted by Gasteiger charge is 2.34. The van der Waals surface area contributed by atoms with Crippen LogP contribution in [0.1, 0.15) is 36.0 Å². The van der Waals surface area contributed by atoms with E-state index in [-0.39, 0.29) is 5.92 Å². The van der Waals surface area contributed by atoms with Gasteiger partial charge in [0.1, 0.15) is 11.5 Å². The van der Waals surface area contributed by atoms with Gasteiger partial charge in [0.2, 0.25) is 0 Å². The van der Waals surface area contributed by atoms with Crippen molar-refractivity contribution in [2.75, 3.05) is 13.1 Å². The minimum absolute atomic E-state index is 0.0121. The minimum atomic E-state index is -4.37. The molecular weight excluding hydrogens is 295 g/mol. The molecule has 0 unspecified atom stereocenters. The van der Waals surface area contributed by atoms with Crippen LogP contribution in [0.2, 0.25) is 0 Å². The number of piperidine rings is 1. The normalized spacial score (nSPS) is 20.5. The second-order valence-electron chi connectivity index (χ2n) is 5.70. The number of nitrogens with zero attached hydrogens (tertiary/aromatic N) is 4. The van der Waals surface area contributed by atoms with Crippen molar-refractivity contribution in [3.8, 4) is 0 Å².